The third kappa shape index (κ3) is 6.58. The number of hydrogen-bond donors (Lipinski definition) is 1. The van der Waals surface area contributed by atoms with Crippen LogP contribution in [0.2, 0.25) is 0 Å². The minimum Gasteiger partial charge on any atom is -0.384 e. The second-order valence-corrected chi connectivity index (χ2v) is 8.84. The topological polar surface area (TPSA) is 145 Å². The van der Waals surface area contributed by atoms with Gasteiger partial charge in [-0.05, 0) is 60.8 Å². The number of nitrogen functional groups attached to an aromatic ring is 1. The molecular weight excluding hydrogens is 426 g/mol. The lowest BCUT2D eigenvalue weighted by atomic mass is 10.5. The van der Waals surface area contributed by atoms with Crippen molar-refractivity contribution in [3.8, 4) is 0 Å². The molecule has 0 aromatic carbocycles. The fraction of sp³-hybridized carbons (Fsp3) is 0.600. The Bertz CT molecular complexity index is 938. The van der Waals surface area contributed by atoms with Gasteiger partial charge in [-0.15, -0.1) is 10.2 Å². The molecule has 0 unspecified atom stereocenters. The van der Waals surface area contributed by atoms with E-state index < -0.39 is 0 Å². The normalized spacial score (nSPS) is 11.7. The van der Waals surface area contributed by atoms with E-state index in [2.05, 4.69) is 50.8 Å². The van der Waals surface area contributed by atoms with Gasteiger partial charge in [-0.3, -0.25) is 0 Å². The van der Waals surface area contributed by atoms with Crippen molar-refractivity contribution in [3.63, 3.8) is 0 Å². The van der Waals surface area contributed by atoms with Gasteiger partial charge in [-0.2, -0.15) is 0 Å². The molecular formula is C15H25N13S2. The van der Waals surface area contributed by atoms with Gasteiger partial charge in [0.25, 0.3) is 0 Å². The molecule has 3 aromatic heterocycles. The van der Waals surface area contributed by atoms with Crippen molar-refractivity contribution in [1.82, 2.24) is 60.2 Å². The van der Waals surface area contributed by atoms with Crippen molar-refractivity contribution in [2.45, 2.75) is 34.2 Å². The molecule has 3 heterocycles. The molecule has 0 atom stereocenters. The summed E-state index contributed by atoms with van der Waals surface area (Å²) in [6.07, 6.45) is 0. The number of nitrogens with zero attached hydrogens (tertiary/aromatic N) is 12. The van der Waals surface area contributed by atoms with E-state index in [9.17, 15) is 0 Å². The van der Waals surface area contributed by atoms with Crippen LogP contribution in [0.3, 0.4) is 0 Å². The van der Waals surface area contributed by atoms with Crippen LogP contribution in [0.1, 0.15) is 5.82 Å². The summed E-state index contributed by atoms with van der Waals surface area (Å²) >= 11 is 2.82. The maximum Gasteiger partial charge on any atom is 0.215 e. The Hall–Kier alpha value is -2.36. The highest BCUT2D eigenvalue weighted by Gasteiger charge is 2.13. The summed E-state index contributed by atoms with van der Waals surface area (Å²) in [4.78, 5) is 13.1. The molecule has 0 fully saturated rings. The van der Waals surface area contributed by atoms with Gasteiger partial charge in [0, 0.05) is 19.2 Å². The number of nitrogens with two attached hydrogens (primary N) is 1. The summed E-state index contributed by atoms with van der Waals surface area (Å²) in [7, 11) is 8.02. The van der Waals surface area contributed by atoms with Gasteiger partial charge in [0.1, 0.15) is 16.7 Å². The molecule has 13 nitrogen and oxygen atoms in total. The Morgan fingerprint density at radius 2 is 1.50 bits per heavy atom. The predicted molar refractivity (Wildman–Crippen MR) is 113 cm³/mol. The van der Waals surface area contributed by atoms with E-state index in [1.54, 1.807) is 15.4 Å². The third-order valence-electron chi connectivity index (χ3n) is 3.81. The molecule has 0 saturated heterocycles. The first kappa shape index (κ1) is 22.3. The first-order valence-corrected chi connectivity index (χ1v) is 11.0. The van der Waals surface area contributed by atoms with Gasteiger partial charge < -0.3 is 15.5 Å². The van der Waals surface area contributed by atoms with Crippen molar-refractivity contribution < 1.29 is 0 Å². The Balaban J connectivity index is 1.65. The smallest absolute Gasteiger partial charge is 0.215 e. The number of thioether (sulfide) groups is 1. The first-order valence-electron chi connectivity index (χ1n) is 9.16. The number of tetrazole rings is 2. The average Bonchev–Trinajstić information content (AvgIpc) is 3.31. The summed E-state index contributed by atoms with van der Waals surface area (Å²) in [5.41, 5.74) is 5.99. The monoisotopic (exact) mass is 451 g/mol. The molecule has 0 bridgehead atoms. The lowest BCUT2D eigenvalue weighted by Gasteiger charge is -2.10. The molecule has 3 rings (SSSR count). The molecule has 15 heteroatoms. The fourth-order valence-corrected chi connectivity index (χ4v) is 3.86. The Kier molecular flexibility index (Phi) is 7.89. The van der Waals surface area contributed by atoms with Crippen LogP contribution >= 0.6 is 23.5 Å². The van der Waals surface area contributed by atoms with E-state index in [-0.39, 0.29) is 0 Å². The number of hydrogen-bond acceptors (Lipinski definition) is 13. The zero-order valence-corrected chi connectivity index (χ0v) is 19.0. The molecule has 0 aliphatic carbocycles. The Labute approximate surface area is 182 Å². The molecule has 0 aliphatic heterocycles. The number of anilines is 1. The van der Waals surface area contributed by atoms with Crippen LogP contribution in [-0.2, 0) is 18.8 Å². The number of likely N-dealkylation sites (N-methyl/N-ethyl adjacent to an activating group) is 2. The zero-order valence-electron chi connectivity index (χ0n) is 17.4. The van der Waals surface area contributed by atoms with Gasteiger partial charge in [0.05, 0.1) is 18.8 Å². The molecule has 0 spiro atoms. The quantitative estimate of drug-likeness (QED) is 0.298. The molecule has 0 amide bonds. The van der Waals surface area contributed by atoms with Crippen LogP contribution in [0.4, 0.5) is 5.82 Å². The molecule has 2 N–H and O–H groups in total. The Morgan fingerprint density at radius 1 is 0.900 bits per heavy atom. The summed E-state index contributed by atoms with van der Waals surface area (Å²) in [5, 5.41) is 25.8. The van der Waals surface area contributed by atoms with Gasteiger partial charge in [0.15, 0.2) is 0 Å². The van der Waals surface area contributed by atoms with E-state index in [0.717, 1.165) is 13.1 Å². The molecule has 3 aromatic rings. The first-order chi connectivity index (χ1) is 14.4. The van der Waals surface area contributed by atoms with Crippen molar-refractivity contribution in [2.75, 3.05) is 47.0 Å². The lowest BCUT2D eigenvalue weighted by molar-refractivity contribution is 0.361. The van der Waals surface area contributed by atoms with E-state index >= 15 is 0 Å². The van der Waals surface area contributed by atoms with Crippen LogP contribution in [0.5, 0.6) is 0 Å². The van der Waals surface area contributed by atoms with Crippen LogP contribution in [0, 0.1) is 0 Å². The second kappa shape index (κ2) is 10.6. The maximum atomic E-state index is 5.99. The number of rotatable bonds is 11. The third-order valence-corrected chi connectivity index (χ3v) is 5.66. The van der Waals surface area contributed by atoms with Gasteiger partial charge in [0.2, 0.25) is 10.3 Å². The highest BCUT2D eigenvalue weighted by Crippen LogP contribution is 2.26. The highest BCUT2D eigenvalue weighted by molar-refractivity contribution is 7.99. The fourth-order valence-electron chi connectivity index (χ4n) is 2.27. The SMILES string of the molecule is CN(C)CCn1nnnc1SCc1nc(N)cc(Sc2nnnn2CCN(C)C)n1. The number of aromatic nitrogens is 10. The van der Waals surface area contributed by atoms with Gasteiger partial charge in [-0.25, -0.2) is 19.3 Å². The summed E-state index contributed by atoms with van der Waals surface area (Å²) in [6.45, 7) is 3.06. The van der Waals surface area contributed by atoms with E-state index in [1.165, 1.54) is 23.5 Å². The largest absolute Gasteiger partial charge is 0.384 e. The van der Waals surface area contributed by atoms with Crippen molar-refractivity contribution in [1.29, 1.82) is 0 Å². The molecule has 0 aliphatic rings. The minimum atomic E-state index is 0.391. The van der Waals surface area contributed by atoms with Crippen LogP contribution in [0.25, 0.3) is 0 Å². The van der Waals surface area contributed by atoms with E-state index in [0.29, 0.717) is 45.8 Å². The van der Waals surface area contributed by atoms with Crippen molar-refractivity contribution in [2.24, 2.45) is 0 Å². The molecule has 30 heavy (non-hydrogen) atoms. The van der Waals surface area contributed by atoms with Crippen molar-refractivity contribution >= 4 is 29.3 Å². The van der Waals surface area contributed by atoms with Gasteiger partial charge in [-0.1, -0.05) is 11.8 Å². The standard InChI is InChI=1S/C15H25N13S2/c1-25(2)5-7-27-14(19-21-23-27)29-10-12-17-11(16)9-13(18-12)30-15-20-22-24-28(15)8-6-26(3)4/h9H,5-8,10H2,1-4H3,(H2,16,17,18). The summed E-state index contributed by atoms with van der Waals surface area (Å²) in [5.74, 6) is 1.48. The van der Waals surface area contributed by atoms with Crippen LogP contribution < -0.4 is 5.73 Å². The molecule has 0 radical (unpaired) electrons. The summed E-state index contributed by atoms with van der Waals surface area (Å²) in [6, 6.07) is 1.71. The zero-order chi connectivity index (χ0) is 21.5. The predicted octanol–water partition coefficient (Wildman–Crippen LogP) is -0.401. The second-order valence-electron chi connectivity index (χ2n) is 6.91. The molecule has 162 valence electrons. The van der Waals surface area contributed by atoms with Crippen LogP contribution in [-0.4, -0.2) is 101 Å². The minimum absolute atomic E-state index is 0.391. The molecule has 0 saturated carbocycles. The van der Waals surface area contributed by atoms with Gasteiger partial charge >= 0.3 is 0 Å². The van der Waals surface area contributed by atoms with Crippen molar-refractivity contribution in [3.05, 3.63) is 11.9 Å². The van der Waals surface area contributed by atoms with E-state index in [1.807, 2.05) is 28.2 Å². The summed E-state index contributed by atoms with van der Waals surface area (Å²) < 4.78 is 3.52. The lowest BCUT2D eigenvalue weighted by Crippen LogP contribution is -2.19. The average molecular weight is 452 g/mol. The maximum absolute atomic E-state index is 5.99. The van der Waals surface area contributed by atoms with E-state index in [4.69, 9.17) is 5.73 Å². The Morgan fingerprint density at radius 3 is 2.13 bits per heavy atom. The highest BCUT2D eigenvalue weighted by atomic mass is 32.2. The van der Waals surface area contributed by atoms with Crippen LogP contribution in [0.15, 0.2) is 21.4 Å².